The van der Waals surface area contributed by atoms with Crippen LogP contribution in [0.3, 0.4) is 0 Å². The van der Waals surface area contributed by atoms with Crippen molar-refractivity contribution in [2.75, 3.05) is 0 Å². The SMILES string of the molecule is CCn1ncc(C=NNC(=O)Cn2cc(C)cn2)c1F. The van der Waals surface area contributed by atoms with Crippen LogP contribution >= 0.6 is 0 Å². The number of hydrazone groups is 1. The van der Waals surface area contributed by atoms with Crippen molar-refractivity contribution in [1.29, 1.82) is 0 Å². The van der Waals surface area contributed by atoms with Crippen LogP contribution in [0.4, 0.5) is 4.39 Å². The van der Waals surface area contributed by atoms with Crippen LogP contribution in [0.15, 0.2) is 23.7 Å². The van der Waals surface area contributed by atoms with E-state index in [4.69, 9.17) is 0 Å². The molecule has 0 saturated heterocycles. The Morgan fingerprint density at radius 3 is 2.90 bits per heavy atom. The lowest BCUT2D eigenvalue weighted by atomic mass is 10.4. The Balaban J connectivity index is 1.89. The monoisotopic (exact) mass is 278 g/mol. The number of nitrogens with one attached hydrogen (secondary N) is 1. The molecule has 0 fully saturated rings. The van der Waals surface area contributed by atoms with Gasteiger partial charge in [0.1, 0.15) is 6.54 Å². The van der Waals surface area contributed by atoms with Gasteiger partial charge in [0.05, 0.1) is 24.2 Å². The Hall–Kier alpha value is -2.51. The number of carbonyl (C=O) groups excluding carboxylic acids is 1. The molecule has 0 aromatic carbocycles. The molecule has 1 N–H and O–H groups in total. The molecule has 2 aromatic heterocycles. The van der Waals surface area contributed by atoms with Crippen molar-refractivity contribution in [3.05, 3.63) is 35.7 Å². The minimum absolute atomic E-state index is 0.0574. The van der Waals surface area contributed by atoms with Crippen LogP contribution in [-0.2, 0) is 17.9 Å². The highest BCUT2D eigenvalue weighted by atomic mass is 19.1. The molecular formula is C12H15FN6O. The third kappa shape index (κ3) is 3.28. The molecule has 0 spiro atoms. The minimum Gasteiger partial charge on any atom is -0.271 e. The summed E-state index contributed by atoms with van der Waals surface area (Å²) in [4.78, 5) is 11.6. The lowest BCUT2D eigenvalue weighted by Gasteiger charge is -1.99. The highest BCUT2D eigenvalue weighted by Crippen LogP contribution is 2.02. The molecule has 2 aromatic rings. The third-order valence-corrected chi connectivity index (χ3v) is 2.56. The van der Waals surface area contributed by atoms with Crippen LogP contribution in [-0.4, -0.2) is 31.7 Å². The van der Waals surface area contributed by atoms with Gasteiger partial charge in [-0.3, -0.25) is 9.48 Å². The molecule has 1 amide bonds. The number of aryl methyl sites for hydroxylation is 2. The molecule has 7 nitrogen and oxygen atoms in total. The molecular weight excluding hydrogens is 263 g/mol. The Labute approximate surface area is 115 Å². The highest BCUT2D eigenvalue weighted by Gasteiger charge is 2.07. The van der Waals surface area contributed by atoms with Crippen LogP contribution in [0.5, 0.6) is 0 Å². The molecule has 0 aliphatic heterocycles. The molecule has 0 unspecified atom stereocenters. The summed E-state index contributed by atoms with van der Waals surface area (Å²) in [5.74, 6) is -0.819. The summed E-state index contributed by atoms with van der Waals surface area (Å²) in [6, 6.07) is 0. The minimum atomic E-state index is -0.479. The summed E-state index contributed by atoms with van der Waals surface area (Å²) in [6.45, 7) is 4.16. The maximum atomic E-state index is 13.6. The fourth-order valence-electron chi connectivity index (χ4n) is 1.60. The number of halogens is 1. The first-order valence-corrected chi connectivity index (χ1v) is 6.12. The molecule has 2 heterocycles. The Morgan fingerprint density at radius 2 is 2.30 bits per heavy atom. The number of carbonyl (C=O) groups is 1. The van der Waals surface area contributed by atoms with Gasteiger partial charge in [-0.2, -0.15) is 19.7 Å². The smallest absolute Gasteiger partial charge is 0.261 e. The lowest BCUT2D eigenvalue weighted by Crippen LogP contribution is -2.23. The zero-order chi connectivity index (χ0) is 14.5. The van der Waals surface area contributed by atoms with E-state index < -0.39 is 5.95 Å². The average molecular weight is 278 g/mol. The maximum Gasteiger partial charge on any atom is 0.261 e. The first kappa shape index (κ1) is 13.9. The van der Waals surface area contributed by atoms with E-state index in [1.807, 2.05) is 6.92 Å². The van der Waals surface area contributed by atoms with Crippen molar-refractivity contribution >= 4 is 12.1 Å². The quantitative estimate of drug-likeness (QED) is 0.646. The standard InChI is InChI=1S/C12H15FN6O/c1-3-19-12(13)10(6-16-19)5-14-17-11(20)8-18-7-9(2)4-15-18/h4-7H,3,8H2,1-2H3,(H,17,20). The highest BCUT2D eigenvalue weighted by molar-refractivity contribution is 5.82. The largest absolute Gasteiger partial charge is 0.271 e. The number of aromatic nitrogens is 4. The second kappa shape index (κ2) is 6.09. The molecule has 106 valence electrons. The van der Waals surface area contributed by atoms with Crippen molar-refractivity contribution in [3.8, 4) is 0 Å². The van der Waals surface area contributed by atoms with Crippen molar-refractivity contribution in [2.24, 2.45) is 5.10 Å². The molecule has 20 heavy (non-hydrogen) atoms. The van der Waals surface area contributed by atoms with Gasteiger partial charge in [-0.05, 0) is 19.4 Å². The van der Waals surface area contributed by atoms with Crippen LogP contribution in [0, 0.1) is 12.9 Å². The Kier molecular flexibility index (Phi) is 4.24. The normalized spacial score (nSPS) is 11.2. The number of nitrogens with zero attached hydrogens (tertiary/aromatic N) is 5. The second-order valence-electron chi connectivity index (χ2n) is 4.21. The molecule has 0 aliphatic carbocycles. The summed E-state index contributed by atoms with van der Waals surface area (Å²) in [6.07, 6.45) is 5.98. The van der Waals surface area contributed by atoms with E-state index in [0.29, 0.717) is 6.54 Å². The van der Waals surface area contributed by atoms with Crippen molar-refractivity contribution in [3.63, 3.8) is 0 Å². The van der Waals surface area contributed by atoms with Gasteiger partial charge in [0.2, 0.25) is 5.95 Å². The zero-order valence-electron chi connectivity index (χ0n) is 11.2. The zero-order valence-corrected chi connectivity index (χ0v) is 11.2. The second-order valence-corrected chi connectivity index (χ2v) is 4.21. The van der Waals surface area contributed by atoms with Crippen LogP contribution in [0.1, 0.15) is 18.1 Å². The topological polar surface area (TPSA) is 77.1 Å². The van der Waals surface area contributed by atoms with Gasteiger partial charge < -0.3 is 0 Å². The van der Waals surface area contributed by atoms with E-state index in [0.717, 1.165) is 5.56 Å². The van der Waals surface area contributed by atoms with Gasteiger partial charge in [0, 0.05) is 12.7 Å². The molecule has 0 radical (unpaired) electrons. The molecule has 0 bridgehead atoms. The average Bonchev–Trinajstić information content (AvgIpc) is 2.97. The van der Waals surface area contributed by atoms with E-state index in [1.165, 1.54) is 21.8 Å². The van der Waals surface area contributed by atoms with E-state index >= 15 is 0 Å². The summed E-state index contributed by atoms with van der Waals surface area (Å²) in [5.41, 5.74) is 3.50. The van der Waals surface area contributed by atoms with Crippen LogP contribution in [0.25, 0.3) is 0 Å². The van der Waals surface area contributed by atoms with Crippen LogP contribution in [0.2, 0.25) is 0 Å². The van der Waals surface area contributed by atoms with E-state index in [1.54, 1.807) is 19.3 Å². The van der Waals surface area contributed by atoms with Crippen LogP contribution < -0.4 is 5.43 Å². The number of amides is 1. The first-order valence-electron chi connectivity index (χ1n) is 6.12. The Morgan fingerprint density at radius 1 is 1.50 bits per heavy atom. The van der Waals surface area contributed by atoms with E-state index in [9.17, 15) is 9.18 Å². The molecule has 0 atom stereocenters. The van der Waals surface area contributed by atoms with Gasteiger partial charge in [-0.1, -0.05) is 0 Å². The maximum absolute atomic E-state index is 13.6. The number of rotatable bonds is 5. The first-order chi connectivity index (χ1) is 9.60. The van der Waals surface area contributed by atoms with Crippen molar-refractivity contribution in [1.82, 2.24) is 25.0 Å². The predicted octanol–water partition coefficient (Wildman–Crippen LogP) is 0.697. The predicted molar refractivity (Wildman–Crippen MR) is 70.6 cm³/mol. The van der Waals surface area contributed by atoms with Crippen molar-refractivity contribution in [2.45, 2.75) is 26.9 Å². The molecule has 0 saturated carbocycles. The van der Waals surface area contributed by atoms with Gasteiger partial charge in [0.25, 0.3) is 5.91 Å². The van der Waals surface area contributed by atoms with Gasteiger partial charge in [-0.15, -0.1) is 0 Å². The third-order valence-electron chi connectivity index (χ3n) is 2.56. The summed E-state index contributed by atoms with van der Waals surface area (Å²) in [5, 5.41) is 11.5. The van der Waals surface area contributed by atoms with Gasteiger partial charge >= 0.3 is 0 Å². The summed E-state index contributed by atoms with van der Waals surface area (Å²) >= 11 is 0. The molecule has 8 heteroatoms. The van der Waals surface area contributed by atoms with E-state index in [2.05, 4.69) is 20.7 Å². The molecule has 0 aliphatic rings. The van der Waals surface area contributed by atoms with E-state index in [-0.39, 0.29) is 18.0 Å². The fourth-order valence-corrected chi connectivity index (χ4v) is 1.60. The summed E-state index contributed by atoms with van der Waals surface area (Å²) in [7, 11) is 0. The van der Waals surface area contributed by atoms with Gasteiger partial charge in [-0.25, -0.2) is 10.1 Å². The van der Waals surface area contributed by atoms with Gasteiger partial charge in [0.15, 0.2) is 0 Å². The number of hydrogen-bond donors (Lipinski definition) is 1. The fraction of sp³-hybridized carbons (Fsp3) is 0.333. The molecule has 2 rings (SSSR count). The lowest BCUT2D eigenvalue weighted by molar-refractivity contribution is -0.121. The Bertz CT molecular complexity index is 630. The summed E-state index contributed by atoms with van der Waals surface area (Å²) < 4.78 is 16.3. The van der Waals surface area contributed by atoms with Crippen molar-refractivity contribution < 1.29 is 9.18 Å². The number of hydrogen-bond acceptors (Lipinski definition) is 4.